The number of nitrogens with one attached hydrogen (secondary N) is 1. The summed E-state index contributed by atoms with van der Waals surface area (Å²) in [5.74, 6) is -1.04. The maximum atomic E-state index is 12.1. The van der Waals surface area contributed by atoms with Gasteiger partial charge in [0, 0.05) is 17.7 Å². The summed E-state index contributed by atoms with van der Waals surface area (Å²) < 4.78 is 0. The highest BCUT2D eigenvalue weighted by atomic mass is 32.2. The lowest BCUT2D eigenvalue weighted by Crippen LogP contribution is -2.41. The summed E-state index contributed by atoms with van der Waals surface area (Å²) in [6.45, 7) is 1.57. The molecule has 1 unspecified atom stereocenters. The van der Waals surface area contributed by atoms with Gasteiger partial charge in [0.05, 0.1) is 4.92 Å². The van der Waals surface area contributed by atoms with E-state index < -0.39 is 22.8 Å². The second kappa shape index (κ2) is 7.63. The Balaban J connectivity index is 2.87. The molecule has 0 aliphatic heterocycles. The third-order valence-electron chi connectivity index (χ3n) is 2.88. The highest BCUT2D eigenvalue weighted by Gasteiger charge is 2.21. The lowest BCUT2D eigenvalue weighted by atomic mass is 10.1. The predicted molar refractivity (Wildman–Crippen MR) is 79.7 cm³/mol. The third-order valence-corrected chi connectivity index (χ3v) is 3.52. The molecule has 1 aromatic rings. The molecule has 0 bridgehead atoms. The molecule has 0 aliphatic carbocycles. The minimum Gasteiger partial charge on any atom is -0.480 e. The van der Waals surface area contributed by atoms with Crippen LogP contribution in [0.15, 0.2) is 18.2 Å². The van der Waals surface area contributed by atoms with Gasteiger partial charge >= 0.3 is 5.97 Å². The number of aryl methyl sites for hydroxylation is 1. The minimum atomic E-state index is -1.10. The summed E-state index contributed by atoms with van der Waals surface area (Å²) in [5, 5.41) is 22.1. The number of carboxylic acids is 1. The van der Waals surface area contributed by atoms with E-state index in [-0.39, 0.29) is 11.3 Å². The Hall–Kier alpha value is -2.09. The van der Waals surface area contributed by atoms with Crippen molar-refractivity contribution >= 4 is 29.3 Å². The van der Waals surface area contributed by atoms with Crippen molar-refractivity contribution in [2.45, 2.75) is 19.4 Å². The summed E-state index contributed by atoms with van der Waals surface area (Å²) in [6, 6.07) is 2.86. The van der Waals surface area contributed by atoms with Gasteiger partial charge in [-0.15, -0.1) is 0 Å². The number of hydrogen-bond acceptors (Lipinski definition) is 5. The minimum absolute atomic E-state index is 0.110. The summed E-state index contributed by atoms with van der Waals surface area (Å²) in [7, 11) is 0. The molecular formula is C13H16N2O5S. The van der Waals surface area contributed by atoms with Gasteiger partial charge in [-0.2, -0.15) is 11.8 Å². The van der Waals surface area contributed by atoms with Gasteiger partial charge in [0.15, 0.2) is 0 Å². The number of benzene rings is 1. The SMILES string of the molecule is CSCCC(NC(=O)c1ccc([N+](=O)[O-])cc1C)C(=O)O. The Bertz CT molecular complexity index is 561. The van der Waals surface area contributed by atoms with Crippen LogP contribution in [-0.2, 0) is 4.79 Å². The van der Waals surface area contributed by atoms with Crippen LogP contribution in [-0.4, -0.2) is 40.0 Å². The van der Waals surface area contributed by atoms with Crippen LogP contribution < -0.4 is 5.32 Å². The van der Waals surface area contributed by atoms with E-state index in [4.69, 9.17) is 5.11 Å². The first-order chi connectivity index (χ1) is 9.86. The van der Waals surface area contributed by atoms with Crippen LogP contribution in [0.3, 0.4) is 0 Å². The number of nitro benzene ring substituents is 1. The zero-order valence-corrected chi connectivity index (χ0v) is 12.5. The van der Waals surface area contributed by atoms with Crippen molar-refractivity contribution in [2.75, 3.05) is 12.0 Å². The first kappa shape index (κ1) is 17.0. The largest absolute Gasteiger partial charge is 0.480 e. The maximum Gasteiger partial charge on any atom is 0.326 e. The van der Waals surface area contributed by atoms with E-state index in [1.807, 2.05) is 6.26 Å². The van der Waals surface area contributed by atoms with Gasteiger partial charge in [-0.3, -0.25) is 14.9 Å². The number of nitro groups is 1. The zero-order valence-electron chi connectivity index (χ0n) is 11.7. The first-order valence-corrected chi connectivity index (χ1v) is 7.54. The smallest absolute Gasteiger partial charge is 0.326 e. The molecule has 0 aromatic heterocycles. The second-order valence-corrected chi connectivity index (χ2v) is 5.39. The molecule has 1 amide bonds. The molecule has 0 saturated heterocycles. The highest BCUT2D eigenvalue weighted by molar-refractivity contribution is 7.98. The van der Waals surface area contributed by atoms with Crippen molar-refractivity contribution in [1.29, 1.82) is 0 Å². The molecule has 0 saturated carbocycles. The Kier molecular flexibility index (Phi) is 6.16. The molecule has 0 spiro atoms. The number of thioether (sulfide) groups is 1. The normalized spacial score (nSPS) is 11.7. The molecule has 7 nitrogen and oxygen atoms in total. The molecule has 1 rings (SSSR count). The van der Waals surface area contributed by atoms with Gasteiger partial charge in [-0.05, 0) is 37.0 Å². The molecule has 114 valence electrons. The number of aliphatic carboxylic acids is 1. The highest BCUT2D eigenvalue weighted by Crippen LogP contribution is 2.17. The molecule has 0 fully saturated rings. The van der Waals surface area contributed by atoms with Crippen LogP contribution >= 0.6 is 11.8 Å². The van der Waals surface area contributed by atoms with Gasteiger partial charge in [-0.1, -0.05) is 0 Å². The lowest BCUT2D eigenvalue weighted by Gasteiger charge is -2.14. The molecular weight excluding hydrogens is 296 g/mol. The number of carbonyl (C=O) groups excluding carboxylic acids is 1. The van der Waals surface area contributed by atoms with Crippen LogP contribution in [0, 0.1) is 17.0 Å². The number of carbonyl (C=O) groups is 2. The van der Waals surface area contributed by atoms with E-state index in [1.54, 1.807) is 6.92 Å². The van der Waals surface area contributed by atoms with Gasteiger partial charge in [0.1, 0.15) is 6.04 Å². The Morgan fingerprint density at radius 3 is 2.62 bits per heavy atom. The van der Waals surface area contributed by atoms with E-state index >= 15 is 0 Å². The Morgan fingerprint density at radius 1 is 1.48 bits per heavy atom. The summed E-state index contributed by atoms with van der Waals surface area (Å²) in [4.78, 5) is 33.3. The quantitative estimate of drug-likeness (QED) is 0.587. The standard InChI is InChI=1S/C13H16N2O5S/c1-8-7-9(15(19)20)3-4-10(8)12(16)14-11(13(17)18)5-6-21-2/h3-4,7,11H,5-6H2,1-2H3,(H,14,16)(H,17,18). The molecule has 8 heteroatoms. The topological polar surface area (TPSA) is 110 Å². The predicted octanol–water partition coefficient (Wildman–Crippen LogP) is 1.84. The van der Waals surface area contributed by atoms with Gasteiger partial charge in [0.25, 0.3) is 11.6 Å². The van der Waals surface area contributed by atoms with Crippen molar-refractivity contribution in [1.82, 2.24) is 5.32 Å². The molecule has 21 heavy (non-hydrogen) atoms. The van der Waals surface area contributed by atoms with Crippen molar-refractivity contribution in [3.8, 4) is 0 Å². The average molecular weight is 312 g/mol. The number of non-ortho nitro benzene ring substituents is 1. The fourth-order valence-corrected chi connectivity index (χ4v) is 2.22. The van der Waals surface area contributed by atoms with Gasteiger partial charge in [0.2, 0.25) is 0 Å². The summed E-state index contributed by atoms with van der Waals surface area (Å²) in [5.41, 5.74) is 0.549. The van der Waals surface area contributed by atoms with Crippen molar-refractivity contribution in [3.63, 3.8) is 0 Å². The molecule has 1 atom stereocenters. The summed E-state index contributed by atoms with van der Waals surface area (Å²) in [6.07, 6.45) is 2.16. The Labute approximate surface area is 125 Å². The van der Waals surface area contributed by atoms with Crippen LogP contribution in [0.1, 0.15) is 22.3 Å². The van der Waals surface area contributed by atoms with Gasteiger partial charge in [-0.25, -0.2) is 4.79 Å². The number of carboxylic acid groups (broad SMARTS) is 1. The fourth-order valence-electron chi connectivity index (χ4n) is 1.75. The third kappa shape index (κ3) is 4.75. The van der Waals surface area contributed by atoms with E-state index in [9.17, 15) is 19.7 Å². The van der Waals surface area contributed by atoms with E-state index in [1.165, 1.54) is 30.0 Å². The average Bonchev–Trinajstić information content (AvgIpc) is 2.42. The number of amides is 1. The van der Waals surface area contributed by atoms with Crippen molar-refractivity contribution in [2.24, 2.45) is 0 Å². The number of hydrogen-bond donors (Lipinski definition) is 2. The molecule has 0 heterocycles. The molecule has 2 N–H and O–H groups in total. The van der Waals surface area contributed by atoms with Crippen LogP contribution in [0.25, 0.3) is 0 Å². The number of nitrogens with zero attached hydrogens (tertiary/aromatic N) is 1. The zero-order chi connectivity index (χ0) is 16.0. The van der Waals surface area contributed by atoms with Crippen LogP contribution in [0.4, 0.5) is 5.69 Å². The molecule has 1 aromatic carbocycles. The molecule has 0 aliphatic rings. The Morgan fingerprint density at radius 2 is 2.14 bits per heavy atom. The van der Waals surface area contributed by atoms with Gasteiger partial charge < -0.3 is 10.4 Å². The van der Waals surface area contributed by atoms with Crippen LogP contribution in [0.2, 0.25) is 0 Å². The first-order valence-electron chi connectivity index (χ1n) is 6.14. The second-order valence-electron chi connectivity index (χ2n) is 4.40. The van der Waals surface area contributed by atoms with Crippen molar-refractivity contribution < 1.29 is 19.6 Å². The monoisotopic (exact) mass is 312 g/mol. The molecule has 0 radical (unpaired) electrons. The van der Waals surface area contributed by atoms with E-state index in [2.05, 4.69) is 5.32 Å². The summed E-state index contributed by atoms with van der Waals surface area (Å²) >= 11 is 1.49. The van der Waals surface area contributed by atoms with E-state index in [0.29, 0.717) is 17.7 Å². The lowest BCUT2D eigenvalue weighted by molar-refractivity contribution is -0.384. The fraction of sp³-hybridized carbons (Fsp3) is 0.385. The van der Waals surface area contributed by atoms with E-state index in [0.717, 1.165) is 0 Å². The number of rotatable bonds is 7. The van der Waals surface area contributed by atoms with Crippen LogP contribution in [0.5, 0.6) is 0 Å². The van der Waals surface area contributed by atoms with Crippen molar-refractivity contribution in [3.05, 3.63) is 39.4 Å². The maximum absolute atomic E-state index is 12.1.